The van der Waals surface area contributed by atoms with Crippen LogP contribution in [0.15, 0.2) is 49.1 Å². The summed E-state index contributed by atoms with van der Waals surface area (Å²) < 4.78 is 9.33. The van der Waals surface area contributed by atoms with E-state index in [9.17, 15) is 14.4 Å². The summed E-state index contributed by atoms with van der Waals surface area (Å²) in [5.74, 6) is -2.46. The Labute approximate surface area is 125 Å². The normalized spacial score (nSPS) is 9.57. The molecule has 0 aromatic carbocycles. The SMILES string of the molecule is C=C/C=C(\C=C)C(=O)C(=O)OCCOC(=O)C(=C)C.CC. The Hall–Kier alpha value is -2.43. The molecule has 21 heavy (non-hydrogen) atoms. The molecule has 0 aromatic heterocycles. The third kappa shape index (κ3) is 9.15. The minimum atomic E-state index is -1.04. The fourth-order valence-corrected chi connectivity index (χ4v) is 0.939. The third-order valence-corrected chi connectivity index (χ3v) is 1.86. The second-order valence-corrected chi connectivity index (χ2v) is 3.44. The zero-order chi connectivity index (χ0) is 16.8. The standard InChI is InChI=1S/C14H16O5.C2H6/c1-5-7-11(6-2)12(15)14(17)19-9-8-18-13(16)10(3)4;1-2/h5-7H,1-3,8-9H2,4H3;1-2H3/b11-7+;. The maximum Gasteiger partial charge on any atom is 0.379 e. The maximum atomic E-state index is 11.5. The highest BCUT2D eigenvalue weighted by Crippen LogP contribution is 2.00. The molecule has 5 heteroatoms. The summed E-state index contributed by atoms with van der Waals surface area (Å²) in [6.07, 6.45) is 3.93. The molecule has 0 saturated carbocycles. The zero-order valence-corrected chi connectivity index (χ0v) is 12.8. The highest BCUT2D eigenvalue weighted by atomic mass is 16.6. The topological polar surface area (TPSA) is 69.7 Å². The second kappa shape index (κ2) is 12.6. The molecule has 0 unspecified atom stereocenters. The average molecular weight is 294 g/mol. The minimum absolute atomic E-state index is 0.0823. The number of rotatable bonds is 8. The van der Waals surface area contributed by atoms with Crippen LogP contribution in [-0.2, 0) is 23.9 Å². The van der Waals surface area contributed by atoms with Gasteiger partial charge in [-0.05, 0) is 6.92 Å². The number of ether oxygens (including phenoxy) is 2. The Morgan fingerprint density at radius 1 is 1.00 bits per heavy atom. The van der Waals surface area contributed by atoms with Gasteiger partial charge in [0.2, 0.25) is 0 Å². The van der Waals surface area contributed by atoms with Crippen molar-refractivity contribution in [3.8, 4) is 0 Å². The molecule has 0 heterocycles. The monoisotopic (exact) mass is 294 g/mol. The van der Waals surface area contributed by atoms with Crippen molar-refractivity contribution in [2.45, 2.75) is 20.8 Å². The van der Waals surface area contributed by atoms with E-state index in [0.29, 0.717) is 0 Å². The lowest BCUT2D eigenvalue weighted by Gasteiger charge is -2.05. The lowest BCUT2D eigenvalue weighted by molar-refractivity contribution is -0.155. The molecule has 0 aliphatic heterocycles. The van der Waals surface area contributed by atoms with E-state index in [1.807, 2.05) is 13.8 Å². The van der Waals surface area contributed by atoms with Crippen molar-refractivity contribution in [2.24, 2.45) is 0 Å². The fraction of sp³-hybridized carbons (Fsp3) is 0.312. The van der Waals surface area contributed by atoms with Gasteiger partial charge in [-0.25, -0.2) is 9.59 Å². The van der Waals surface area contributed by atoms with Gasteiger partial charge in [-0.3, -0.25) is 4.79 Å². The number of Topliss-reactive ketones (excluding diaryl/α,β-unsaturated/α-hetero) is 1. The van der Waals surface area contributed by atoms with E-state index >= 15 is 0 Å². The maximum absolute atomic E-state index is 11.5. The number of ketones is 1. The molecule has 0 rings (SSSR count). The largest absolute Gasteiger partial charge is 0.459 e. The van der Waals surface area contributed by atoms with Gasteiger partial charge in [-0.15, -0.1) is 0 Å². The Morgan fingerprint density at radius 3 is 1.86 bits per heavy atom. The molecule has 0 fully saturated rings. The van der Waals surface area contributed by atoms with E-state index in [0.717, 1.165) is 0 Å². The summed E-state index contributed by atoms with van der Waals surface area (Å²) in [6.45, 7) is 15.3. The summed E-state index contributed by atoms with van der Waals surface area (Å²) in [6, 6.07) is 0. The Morgan fingerprint density at radius 2 is 1.48 bits per heavy atom. The summed E-state index contributed by atoms with van der Waals surface area (Å²) >= 11 is 0. The Balaban J connectivity index is 0. The van der Waals surface area contributed by atoms with E-state index in [2.05, 4.69) is 29.2 Å². The summed E-state index contributed by atoms with van der Waals surface area (Å²) in [4.78, 5) is 33.9. The number of hydrogen-bond donors (Lipinski definition) is 0. The molecule has 0 atom stereocenters. The molecule has 0 N–H and O–H groups in total. The lowest BCUT2D eigenvalue weighted by Crippen LogP contribution is -2.21. The first-order chi connectivity index (χ1) is 9.93. The molecule has 0 bridgehead atoms. The van der Waals surface area contributed by atoms with Crippen LogP contribution < -0.4 is 0 Å². The second-order valence-electron chi connectivity index (χ2n) is 3.44. The van der Waals surface area contributed by atoms with Crippen LogP contribution >= 0.6 is 0 Å². The van der Waals surface area contributed by atoms with Crippen molar-refractivity contribution in [1.82, 2.24) is 0 Å². The van der Waals surface area contributed by atoms with Gasteiger partial charge in [0.1, 0.15) is 13.2 Å². The third-order valence-electron chi connectivity index (χ3n) is 1.86. The molecule has 0 aromatic rings. The van der Waals surface area contributed by atoms with E-state index in [1.165, 1.54) is 25.2 Å². The van der Waals surface area contributed by atoms with Crippen molar-refractivity contribution in [3.63, 3.8) is 0 Å². The molecule has 0 aliphatic carbocycles. The van der Waals surface area contributed by atoms with Crippen molar-refractivity contribution >= 4 is 17.7 Å². The number of hydrogen-bond acceptors (Lipinski definition) is 5. The van der Waals surface area contributed by atoms with Gasteiger partial charge in [0.25, 0.3) is 5.78 Å². The molecule has 0 aliphatic rings. The van der Waals surface area contributed by atoms with Crippen molar-refractivity contribution in [2.75, 3.05) is 13.2 Å². The van der Waals surface area contributed by atoms with Crippen LogP contribution in [0.1, 0.15) is 20.8 Å². The molecule has 116 valence electrons. The quantitative estimate of drug-likeness (QED) is 0.226. The predicted octanol–water partition coefficient (Wildman–Crippen LogP) is 2.54. The number of allylic oxidation sites excluding steroid dienone is 3. The number of carbonyl (C=O) groups is 3. The van der Waals surface area contributed by atoms with Crippen LogP contribution in [0.4, 0.5) is 0 Å². The van der Waals surface area contributed by atoms with E-state index in [-0.39, 0.29) is 24.4 Å². The van der Waals surface area contributed by atoms with E-state index < -0.39 is 17.7 Å². The highest BCUT2D eigenvalue weighted by molar-refractivity contribution is 6.41. The minimum Gasteiger partial charge on any atom is -0.459 e. The van der Waals surface area contributed by atoms with Gasteiger partial charge in [-0.1, -0.05) is 51.8 Å². The fourth-order valence-electron chi connectivity index (χ4n) is 0.939. The lowest BCUT2D eigenvalue weighted by atomic mass is 10.1. The van der Waals surface area contributed by atoms with Crippen LogP contribution in [0.25, 0.3) is 0 Å². The first-order valence-corrected chi connectivity index (χ1v) is 6.43. The van der Waals surface area contributed by atoms with Crippen LogP contribution in [0, 0.1) is 0 Å². The van der Waals surface area contributed by atoms with Crippen molar-refractivity contribution in [1.29, 1.82) is 0 Å². The van der Waals surface area contributed by atoms with Gasteiger partial charge in [0, 0.05) is 11.1 Å². The molecular weight excluding hydrogens is 272 g/mol. The van der Waals surface area contributed by atoms with Gasteiger partial charge < -0.3 is 9.47 Å². The highest BCUT2D eigenvalue weighted by Gasteiger charge is 2.18. The van der Waals surface area contributed by atoms with Crippen molar-refractivity contribution in [3.05, 3.63) is 49.1 Å². The van der Waals surface area contributed by atoms with Crippen LogP contribution in [0.5, 0.6) is 0 Å². The molecule has 5 nitrogen and oxygen atoms in total. The van der Waals surface area contributed by atoms with E-state index in [1.54, 1.807) is 0 Å². The zero-order valence-electron chi connectivity index (χ0n) is 12.8. The van der Waals surface area contributed by atoms with Gasteiger partial charge in [0.15, 0.2) is 0 Å². The Kier molecular flexibility index (Phi) is 12.5. The first-order valence-electron chi connectivity index (χ1n) is 6.43. The van der Waals surface area contributed by atoms with Gasteiger partial charge in [-0.2, -0.15) is 0 Å². The van der Waals surface area contributed by atoms with Crippen LogP contribution in [0.3, 0.4) is 0 Å². The summed E-state index contributed by atoms with van der Waals surface area (Å²) in [7, 11) is 0. The summed E-state index contributed by atoms with van der Waals surface area (Å²) in [5.41, 5.74) is 0.323. The Bertz CT molecular complexity index is 444. The molecule has 0 amide bonds. The molecule has 0 spiro atoms. The summed E-state index contributed by atoms with van der Waals surface area (Å²) in [5, 5.41) is 0. The van der Waals surface area contributed by atoms with Crippen molar-refractivity contribution < 1.29 is 23.9 Å². The smallest absolute Gasteiger partial charge is 0.379 e. The first kappa shape index (κ1) is 20.9. The molecular formula is C16H22O5. The average Bonchev–Trinajstić information content (AvgIpc) is 2.49. The van der Waals surface area contributed by atoms with Gasteiger partial charge >= 0.3 is 11.9 Å². The van der Waals surface area contributed by atoms with Gasteiger partial charge in [0.05, 0.1) is 0 Å². The molecule has 0 radical (unpaired) electrons. The predicted molar refractivity (Wildman–Crippen MR) is 81.6 cm³/mol. The van der Waals surface area contributed by atoms with Crippen LogP contribution in [-0.4, -0.2) is 30.9 Å². The van der Waals surface area contributed by atoms with Crippen LogP contribution in [0.2, 0.25) is 0 Å². The van der Waals surface area contributed by atoms with E-state index in [4.69, 9.17) is 0 Å². The number of esters is 2. The number of carbonyl (C=O) groups excluding carboxylic acids is 3. The molecule has 0 saturated heterocycles.